The first-order chi connectivity index (χ1) is 8.54. The molecule has 2 heterocycles. The van der Waals surface area contributed by atoms with Gasteiger partial charge in [-0.3, -0.25) is 4.79 Å². The number of nitrogens with two attached hydrogens (primary N) is 1. The first-order valence-corrected chi connectivity index (χ1v) is 6.69. The molecule has 0 radical (unpaired) electrons. The number of aromatic nitrogens is 1. The van der Waals surface area contributed by atoms with Crippen LogP contribution in [-0.2, 0) is 19.5 Å². The van der Waals surface area contributed by atoms with Crippen LogP contribution in [0.1, 0.15) is 30.2 Å². The summed E-state index contributed by atoms with van der Waals surface area (Å²) in [7, 11) is 2.08. The SMILES string of the molecule is CCCn1c2c(cc(C(N)=S)c1=O)CN(C)CC2. The molecular weight excluding hydrogens is 246 g/mol. The molecule has 4 nitrogen and oxygen atoms in total. The highest BCUT2D eigenvalue weighted by atomic mass is 32.1. The average Bonchev–Trinajstić information content (AvgIpc) is 2.32. The molecule has 0 aromatic carbocycles. The van der Waals surface area contributed by atoms with Crippen LogP contribution >= 0.6 is 12.2 Å². The number of rotatable bonds is 3. The van der Waals surface area contributed by atoms with Crippen molar-refractivity contribution in [2.45, 2.75) is 32.9 Å². The zero-order valence-electron chi connectivity index (χ0n) is 10.9. The highest BCUT2D eigenvalue weighted by Crippen LogP contribution is 2.18. The van der Waals surface area contributed by atoms with Crippen LogP contribution in [0.15, 0.2) is 10.9 Å². The number of fused-ring (bicyclic) bond motifs is 1. The summed E-state index contributed by atoms with van der Waals surface area (Å²) in [5.41, 5.74) is 8.43. The normalized spacial score (nSPS) is 15.4. The lowest BCUT2D eigenvalue weighted by Crippen LogP contribution is -2.37. The molecule has 0 fully saturated rings. The van der Waals surface area contributed by atoms with E-state index in [0.29, 0.717) is 5.56 Å². The summed E-state index contributed by atoms with van der Waals surface area (Å²) in [5.74, 6) is 0. The summed E-state index contributed by atoms with van der Waals surface area (Å²) in [6, 6.07) is 1.88. The molecule has 0 spiro atoms. The Kier molecular flexibility index (Phi) is 3.82. The summed E-state index contributed by atoms with van der Waals surface area (Å²) in [6.07, 6.45) is 1.85. The maximum Gasteiger partial charge on any atom is 0.261 e. The largest absolute Gasteiger partial charge is 0.389 e. The van der Waals surface area contributed by atoms with Crippen LogP contribution in [0.3, 0.4) is 0 Å². The van der Waals surface area contributed by atoms with E-state index < -0.39 is 0 Å². The number of pyridine rings is 1. The van der Waals surface area contributed by atoms with Crippen molar-refractivity contribution in [1.82, 2.24) is 9.47 Å². The predicted octanol–water partition coefficient (Wildman–Crippen LogP) is 0.880. The molecule has 1 aliphatic rings. The van der Waals surface area contributed by atoms with Gasteiger partial charge in [0.1, 0.15) is 4.99 Å². The quantitative estimate of drug-likeness (QED) is 0.824. The molecule has 2 rings (SSSR count). The Morgan fingerprint density at radius 3 is 2.89 bits per heavy atom. The minimum Gasteiger partial charge on any atom is -0.389 e. The Bertz CT molecular complexity index is 536. The van der Waals surface area contributed by atoms with Crippen molar-refractivity contribution in [3.8, 4) is 0 Å². The monoisotopic (exact) mass is 265 g/mol. The van der Waals surface area contributed by atoms with Crippen molar-refractivity contribution in [2.24, 2.45) is 5.73 Å². The van der Waals surface area contributed by atoms with E-state index in [1.165, 1.54) is 5.56 Å². The third-order valence-corrected chi connectivity index (χ3v) is 3.59. The Balaban J connectivity index is 2.62. The van der Waals surface area contributed by atoms with E-state index in [4.69, 9.17) is 18.0 Å². The first kappa shape index (κ1) is 13.2. The van der Waals surface area contributed by atoms with Gasteiger partial charge in [-0.15, -0.1) is 0 Å². The molecule has 18 heavy (non-hydrogen) atoms. The summed E-state index contributed by atoms with van der Waals surface area (Å²) in [4.78, 5) is 14.8. The van der Waals surface area contributed by atoms with Gasteiger partial charge >= 0.3 is 0 Å². The Morgan fingerprint density at radius 2 is 2.28 bits per heavy atom. The summed E-state index contributed by atoms with van der Waals surface area (Å²) < 4.78 is 1.86. The van der Waals surface area contributed by atoms with Crippen LogP contribution in [0.2, 0.25) is 0 Å². The third kappa shape index (κ3) is 2.33. The lowest BCUT2D eigenvalue weighted by Gasteiger charge is -2.28. The van der Waals surface area contributed by atoms with Gasteiger partial charge in [-0.1, -0.05) is 19.1 Å². The van der Waals surface area contributed by atoms with E-state index in [0.717, 1.165) is 38.2 Å². The fraction of sp³-hybridized carbons (Fsp3) is 0.538. The fourth-order valence-electron chi connectivity index (χ4n) is 2.50. The smallest absolute Gasteiger partial charge is 0.261 e. The van der Waals surface area contributed by atoms with Crippen LogP contribution in [-0.4, -0.2) is 28.0 Å². The van der Waals surface area contributed by atoms with Gasteiger partial charge < -0.3 is 15.2 Å². The standard InChI is InChI=1S/C13H19N3OS/c1-3-5-16-11-4-6-15(2)8-9(11)7-10(12(14)18)13(16)17/h7H,3-6,8H2,1-2H3,(H2,14,18). The molecule has 0 amide bonds. The second-order valence-corrected chi connectivity index (χ2v) is 5.28. The van der Waals surface area contributed by atoms with Gasteiger partial charge in [0.15, 0.2) is 0 Å². The number of thiocarbonyl (C=S) groups is 1. The molecule has 1 aromatic heterocycles. The van der Waals surface area contributed by atoms with Crippen molar-refractivity contribution >= 4 is 17.2 Å². The maximum atomic E-state index is 12.3. The van der Waals surface area contributed by atoms with E-state index in [9.17, 15) is 4.79 Å². The molecule has 98 valence electrons. The second-order valence-electron chi connectivity index (χ2n) is 4.84. The number of hydrogen-bond acceptors (Lipinski definition) is 3. The zero-order valence-corrected chi connectivity index (χ0v) is 11.7. The second kappa shape index (κ2) is 5.20. The third-order valence-electron chi connectivity index (χ3n) is 3.37. The lowest BCUT2D eigenvalue weighted by molar-refractivity contribution is 0.304. The minimum atomic E-state index is -0.0346. The van der Waals surface area contributed by atoms with Crippen molar-refractivity contribution in [3.63, 3.8) is 0 Å². The van der Waals surface area contributed by atoms with Crippen LogP contribution in [0, 0.1) is 0 Å². The first-order valence-electron chi connectivity index (χ1n) is 6.28. The van der Waals surface area contributed by atoms with Gasteiger partial charge in [0.2, 0.25) is 0 Å². The van der Waals surface area contributed by atoms with Gasteiger partial charge in [0.05, 0.1) is 5.56 Å². The Hall–Kier alpha value is -1.20. The molecule has 0 bridgehead atoms. The van der Waals surface area contributed by atoms with Crippen molar-refractivity contribution < 1.29 is 0 Å². The molecule has 0 unspecified atom stereocenters. The minimum absolute atomic E-state index is 0.0346. The highest BCUT2D eigenvalue weighted by Gasteiger charge is 2.20. The van der Waals surface area contributed by atoms with Gasteiger partial charge in [-0.05, 0) is 25.1 Å². The van der Waals surface area contributed by atoms with Crippen LogP contribution < -0.4 is 11.3 Å². The molecule has 5 heteroatoms. The topological polar surface area (TPSA) is 51.3 Å². The van der Waals surface area contributed by atoms with Gasteiger partial charge in [-0.2, -0.15) is 0 Å². The van der Waals surface area contributed by atoms with E-state index >= 15 is 0 Å². The van der Waals surface area contributed by atoms with E-state index in [-0.39, 0.29) is 10.5 Å². The summed E-state index contributed by atoms with van der Waals surface area (Å²) >= 11 is 4.98. The zero-order chi connectivity index (χ0) is 13.3. The Labute approximate surface area is 112 Å². The highest BCUT2D eigenvalue weighted by molar-refractivity contribution is 7.80. The van der Waals surface area contributed by atoms with E-state index in [1.807, 2.05) is 10.6 Å². The van der Waals surface area contributed by atoms with Crippen molar-refractivity contribution in [3.05, 3.63) is 33.2 Å². The molecule has 0 atom stereocenters. The number of nitrogens with zero attached hydrogens (tertiary/aromatic N) is 2. The molecule has 0 saturated heterocycles. The van der Waals surface area contributed by atoms with Crippen LogP contribution in [0.4, 0.5) is 0 Å². The van der Waals surface area contributed by atoms with Gasteiger partial charge in [0.25, 0.3) is 5.56 Å². The van der Waals surface area contributed by atoms with Crippen molar-refractivity contribution in [1.29, 1.82) is 0 Å². The summed E-state index contributed by atoms with van der Waals surface area (Å²) in [6.45, 7) is 4.65. The lowest BCUT2D eigenvalue weighted by atomic mass is 10.0. The molecule has 2 N–H and O–H groups in total. The molecule has 1 aliphatic heterocycles. The number of hydrogen-bond donors (Lipinski definition) is 1. The van der Waals surface area contributed by atoms with E-state index in [1.54, 1.807) is 0 Å². The molecule has 0 aliphatic carbocycles. The molecular formula is C13H19N3OS. The fourth-order valence-corrected chi connectivity index (χ4v) is 2.64. The average molecular weight is 265 g/mol. The van der Waals surface area contributed by atoms with Crippen molar-refractivity contribution in [2.75, 3.05) is 13.6 Å². The number of likely N-dealkylation sites (N-methyl/N-ethyl adjacent to an activating group) is 1. The van der Waals surface area contributed by atoms with Gasteiger partial charge in [0, 0.05) is 31.7 Å². The maximum absolute atomic E-state index is 12.3. The van der Waals surface area contributed by atoms with Crippen LogP contribution in [0.5, 0.6) is 0 Å². The van der Waals surface area contributed by atoms with E-state index in [2.05, 4.69) is 18.9 Å². The molecule has 1 aromatic rings. The predicted molar refractivity (Wildman–Crippen MR) is 76.9 cm³/mol. The van der Waals surface area contributed by atoms with Gasteiger partial charge in [-0.25, -0.2) is 0 Å². The molecule has 0 saturated carbocycles. The summed E-state index contributed by atoms with van der Waals surface area (Å²) in [5, 5.41) is 0. The van der Waals surface area contributed by atoms with Crippen LogP contribution in [0.25, 0.3) is 0 Å². The Morgan fingerprint density at radius 1 is 1.56 bits per heavy atom.